The van der Waals surface area contributed by atoms with E-state index in [1.165, 1.54) is 10.0 Å². The lowest BCUT2D eigenvalue weighted by atomic mass is 10.1. The Bertz CT molecular complexity index is 813. The summed E-state index contributed by atoms with van der Waals surface area (Å²) in [5.74, 6) is -1.73. The molecule has 1 unspecified atom stereocenters. The Morgan fingerprint density at radius 3 is 2.30 bits per heavy atom. The summed E-state index contributed by atoms with van der Waals surface area (Å²) in [4.78, 5) is 36.1. The lowest BCUT2D eigenvalue weighted by Gasteiger charge is -2.42. The Kier molecular flexibility index (Phi) is 5.80. The zero-order valence-corrected chi connectivity index (χ0v) is 14.5. The maximum atomic E-state index is 12.4. The molecular weight excluding hydrogens is 348 g/mol. The van der Waals surface area contributed by atoms with Crippen molar-refractivity contribution in [2.75, 3.05) is 18.1 Å². The predicted octanol–water partition coefficient (Wildman–Crippen LogP) is 1.20. The molecule has 8 nitrogen and oxygen atoms in total. The molecule has 3 N–H and O–H groups in total. The Morgan fingerprint density at radius 1 is 1.04 bits per heavy atom. The van der Waals surface area contributed by atoms with Crippen molar-refractivity contribution in [3.05, 3.63) is 66.2 Å². The number of aliphatic carboxylic acids is 1. The van der Waals surface area contributed by atoms with E-state index in [9.17, 15) is 19.5 Å². The number of hydrazine groups is 1. The first kappa shape index (κ1) is 18.6. The van der Waals surface area contributed by atoms with Crippen molar-refractivity contribution in [1.82, 2.24) is 15.6 Å². The van der Waals surface area contributed by atoms with E-state index in [1.807, 2.05) is 30.3 Å². The van der Waals surface area contributed by atoms with E-state index in [1.54, 1.807) is 30.3 Å². The van der Waals surface area contributed by atoms with Gasteiger partial charge in [0, 0.05) is 6.54 Å². The van der Waals surface area contributed by atoms with Gasteiger partial charge in [0.25, 0.3) is 5.91 Å². The molecule has 2 aromatic carbocycles. The van der Waals surface area contributed by atoms with E-state index < -0.39 is 30.6 Å². The molecule has 8 heteroatoms. The molecule has 0 aliphatic carbocycles. The average Bonchev–Trinajstić information content (AvgIpc) is 2.65. The molecule has 140 valence electrons. The molecule has 0 spiro atoms. The summed E-state index contributed by atoms with van der Waals surface area (Å²) >= 11 is 0. The van der Waals surface area contributed by atoms with Crippen LogP contribution in [-0.4, -0.2) is 47.3 Å². The Morgan fingerprint density at radius 2 is 1.67 bits per heavy atom. The van der Waals surface area contributed by atoms with Crippen LogP contribution < -0.4 is 15.6 Å². The number of carboxylic acids is 1. The molecule has 1 fully saturated rings. The second-order valence-electron chi connectivity index (χ2n) is 6.03. The standard InChI is InChI=1S/C19H20N4O4/c24-16(25)13-22-17(20-12-11-14-7-3-1-4-8-14)18(26)21-19(27)23(22)15-9-5-2-6-10-15/h1-10,17,20H,11-13H2,(H,24,25)(H,21,26,27). The number of anilines is 1. The first-order valence-electron chi connectivity index (χ1n) is 8.52. The first-order chi connectivity index (χ1) is 13.1. The summed E-state index contributed by atoms with van der Waals surface area (Å²) in [7, 11) is 0. The largest absolute Gasteiger partial charge is 0.480 e. The van der Waals surface area contributed by atoms with Crippen molar-refractivity contribution in [2.45, 2.75) is 12.6 Å². The van der Waals surface area contributed by atoms with Crippen LogP contribution in [0, 0.1) is 0 Å². The third kappa shape index (κ3) is 4.49. The van der Waals surface area contributed by atoms with E-state index in [4.69, 9.17) is 0 Å². The minimum absolute atomic E-state index is 0.440. The molecule has 1 saturated heterocycles. The summed E-state index contributed by atoms with van der Waals surface area (Å²) < 4.78 is 0. The molecule has 1 atom stereocenters. The zero-order chi connectivity index (χ0) is 19.2. The van der Waals surface area contributed by atoms with E-state index in [0.717, 1.165) is 5.56 Å². The highest BCUT2D eigenvalue weighted by Gasteiger charge is 2.41. The normalized spacial score (nSPS) is 17.6. The number of urea groups is 1. The minimum atomic E-state index is -1.15. The van der Waals surface area contributed by atoms with Crippen molar-refractivity contribution in [1.29, 1.82) is 0 Å². The number of carbonyl (C=O) groups is 3. The monoisotopic (exact) mass is 368 g/mol. The smallest absolute Gasteiger partial charge is 0.343 e. The summed E-state index contributed by atoms with van der Waals surface area (Å²) in [6.07, 6.45) is -0.326. The number of amides is 3. The van der Waals surface area contributed by atoms with Gasteiger partial charge in [0.1, 0.15) is 6.54 Å². The lowest BCUT2D eigenvalue weighted by Crippen LogP contribution is -2.71. The van der Waals surface area contributed by atoms with Crippen LogP contribution in [0.4, 0.5) is 10.5 Å². The number of imide groups is 1. The van der Waals surface area contributed by atoms with Crippen molar-refractivity contribution in [2.24, 2.45) is 0 Å². The van der Waals surface area contributed by atoms with Crippen LogP contribution in [-0.2, 0) is 16.0 Å². The molecule has 3 amide bonds. The molecule has 0 aromatic heterocycles. The highest BCUT2D eigenvalue weighted by molar-refractivity contribution is 6.06. The fourth-order valence-corrected chi connectivity index (χ4v) is 2.93. The van der Waals surface area contributed by atoms with Gasteiger partial charge in [-0.1, -0.05) is 48.5 Å². The quantitative estimate of drug-likeness (QED) is 0.679. The molecule has 0 saturated carbocycles. The van der Waals surface area contributed by atoms with Gasteiger partial charge in [-0.25, -0.2) is 9.80 Å². The number of para-hydroxylation sites is 1. The van der Waals surface area contributed by atoms with Crippen molar-refractivity contribution < 1.29 is 19.5 Å². The molecule has 0 radical (unpaired) electrons. The first-order valence-corrected chi connectivity index (χ1v) is 8.52. The van der Waals surface area contributed by atoms with Gasteiger partial charge in [0.2, 0.25) is 0 Å². The lowest BCUT2D eigenvalue weighted by molar-refractivity contribution is -0.141. The minimum Gasteiger partial charge on any atom is -0.480 e. The van der Waals surface area contributed by atoms with Crippen LogP contribution >= 0.6 is 0 Å². The van der Waals surface area contributed by atoms with Gasteiger partial charge < -0.3 is 5.11 Å². The fourth-order valence-electron chi connectivity index (χ4n) is 2.93. The van der Waals surface area contributed by atoms with Gasteiger partial charge in [-0.15, -0.1) is 0 Å². The van der Waals surface area contributed by atoms with Gasteiger partial charge in [-0.2, -0.15) is 5.01 Å². The molecule has 3 rings (SSSR count). The number of hydrogen-bond donors (Lipinski definition) is 3. The van der Waals surface area contributed by atoms with Crippen LogP contribution in [0.1, 0.15) is 5.56 Å². The molecule has 1 heterocycles. The Hall–Kier alpha value is -3.23. The second kappa shape index (κ2) is 8.43. The van der Waals surface area contributed by atoms with Gasteiger partial charge in [-0.05, 0) is 24.1 Å². The van der Waals surface area contributed by atoms with Gasteiger partial charge >= 0.3 is 12.0 Å². The summed E-state index contributed by atoms with van der Waals surface area (Å²) in [5.41, 5.74) is 1.56. The highest BCUT2D eigenvalue weighted by atomic mass is 16.4. The maximum absolute atomic E-state index is 12.4. The average molecular weight is 368 g/mol. The fraction of sp³-hybridized carbons (Fsp3) is 0.211. The molecule has 2 aromatic rings. The number of carbonyl (C=O) groups excluding carboxylic acids is 2. The van der Waals surface area contributed by atoms with Crippen molar-refractivity contribution >= 4 is 23.6 Å². The Balaban J connectivity index is 1.79. The molecule has 1 aliphatic rings. The number of rotatable bonds is 7. The number of hydrogen-bond acceptors (Lipinski definition) is 5. The van der Waals surface area contributed by atoms with Crippen LogP contribution in [0.5, 0.6) is 0 Å². The van der Waals surface area contributed by atoms with Crippen molar-refractivity contribution in [3.8, 4) is 0 Å². The van der Waals surface area contributed by atoms with E-state index in [0.29, 0.717) is 18.7 Å². The van der Waals surface area contributed by atoms with E-state index >= 15 is 0 Å². The van der Waals surface area contributed by atoms with Gasteiger partial charge in [0.15, 0.2) is 6.17 Å². The van der Waals surface area contributed by atoms with Crippen LogP contribution in [0.3, 0.4) is 0 Å². The second-order valence-corrected chi connectivity index (χ2v) is 6.03. The number of nitrogens with zero attached hydrogens (tertiary/aromatic N) is 2. The van der Waals surface area contributed by atoms with Crippen LogP contribution in [0.25, 0.3) is 0 Å². The number of benzene rings is 2. The topological polar surface area (TPSA) is 102 Å². The Labute approximate surface area is 156 Å². The van der Waals surface area contributed by atoms with E-state index in [-0.39, 0.29) is 0 Å². The number of carboxylic acid groups (broad SMARTS) is 1. The molecular formula is C19H20N4O4. The third-order valence-electron chi connectivity index (χ3n) is 4.12. The predicted molar refractivity (Wildman–Crippen MR) is 98.7 cm³/mol. The van der Waals surface area contributed by atoms with Crippen molar-refractivity contribution in [3.63, 3.8) is 0 Å². The molecule has 27 heavy (non-hydrogen) atoms. The highest BCUT2D eigenvalue weighted by Crippen LogP contribution is 2.20. The summed E-state index contributed by atoms with van der Waals surface area (Å²) in [6, 6.07) is 17.6. The zero-order valence-electron chi connectivity index (χ0n) is 14.5. The van der Waals surface area contributed by atoms with Crippen LogP contribution in [0.2, 0.25) is 0 Å². The SMILES string of the molecule is O=C(O)CN1C(NCCc2ccccc2)C(=O)NC(=O)N1c1ccccc1. The molecule has 1 aliphatic heterocycles. The summed E-state index contributed by atoms with van der Waals surface area (Å²) in [5, 5.41) is 17.0. The third-order valence-corrected chi connectivity index (χ3v) is 4.12. The van der Waals surface area contributed by atoms with Crippen LogP contribution in [0.15, 0.2) is 60.7 Å². The molecule has 0 bridgehead atoms. The van der Waals surface area contributed by atoms with Gasteiger partial charge in [0.05, 0.1) is 5.69 Å². The van der Waals surface area contributed by atoms with Gasteiger partial charge in [-0.3, -0.25) is 20.2 Å². The maximum Gasteiger partial charge on any atom is 0.343 e. The number of nitrogens with one attached hydrogen (secondary N) is 2. The summed E-state index contributed by atoms with van der Waals surface area (Å²) in [6.45, 7) is -0.0634. The van der Waals surface area contributed by atoms with E-state index in [2.05, 4.69) is 10.6 Å².